The van der Waals surface area contributed by atoms with Crippen LogP contribution >= 0.6 is 0 Å². The maximum Gasteiger partial charge on any atom is 0.251 e. The number of alkyl halides is 2. The molecule has 0 aromatic carbocycles. The van der Waals surface area contributed by atoms with Gasteiger partial charge in [-0.15, -0.1) is 0 Å². The molecule has 2 unspecified atom stereocenters. The Morgan fingerprint density at radius 2 is 2.20 bits per heavy atom. The van der Waals surface area contributed by atoms with Gasteiger partial charge in [0, 0.05) is 12.1 Å². The molecule has 0 heterocycles. The Balaban J connectivity index is 2.40. The van der Waals surface area contributed by atoms with Gasteiger partial charge >= 0.3 is 0 Å². The van der Waals surface area contributed by atoms with Crippen molar-refractivity contribution >= 4 is 0 Å². The minimum Gasteiger partial charge on any atom is -0.324 e. The molecule has 1 fully saturated rings. The van der Waals surface area contributed by atoms with Crippen LogP contribution in [0.1, 0.15) is 32.6 Å². The quantitative estimate of drug-likeness (QED) is 0.786. The van der Waals surface area contributed by atoms with Crippen molar-refractivity contribution in [2.75, 3.05) is 20.1 Å². The van der Waals surface area contributed by atoms with E-state index in [0.29, 0.717) is 12.5 Å². The van der Waals surface area contributed by atoms with Crippen LogP contribution in [0.2, 0.25) is 0 Å². The summed E-state index contributed by atoms with van der Waals surface area (Å²) < 4.78 is 24.3. The predicted molar refractivity (Wildman–Crippen MR) is 58.1 cm³/mol. The van der Waals surface area contributed by atoms with Gasteiger partial charge in [-0.05, 0) is 25.8 Å². The summed E-state index contributed by atoms with van der Waals surface area (Å²) in [5, 5.41) is 0. The zero-order chi connectivity index (χ0) is 11.5. The van der Waals surface area contributed by atoms with E-state index in [1.165, 1.54) is 6.42 Å². The van der Waals surface area contributed by atoms with Gasteiger partial charge in [-0.25, -0.2) is 8.78 Å². The van der Waals surface area contributed by atoms with Gasteiger partial charge in [-0.3, -0.25) is 4.90 Å². The summed E-state index contributed by atoms with van der Waals surface area (Å²) in [6.07, 6.45) is 2.00. The minimum atomic E-state index is -2.26. The molecule has 0 aliphatic heterocycles. The lowest BCUT2D eigenvalue weighted by Gasteiger charge is -2.39. The third-order valence-corrected chi connectivity index (χ3v) is 3.16. The van der Waals surface area contributed by atoms with E-state index in [-0.39, 0.29) is 12.1 Å². The number of hydrogen-bond acceptors (Lipinski definition) is 2. The Bertz CT molecular complexity index is 199. The lowest BCUT2D eigenvalue weighted by atomic mass is 9.77. The van der Waals surface area contributed by atoms with Crippen LogP contribution in [0.4, 0.5) is 8.78 Å². The number of nitrogens with two attached hydrogens (primary N) is 1. The van der Waals surface area contributed by atoms with E-state index in [0.717, 1.165) is 19.3 Å². The largest absolute Gasteiger partial charge is 0.324 e. The molecule has 0 bridgehead atoms. The van der Waals surface area contributed by atoms with Crippen molar-refractivity contribution in [3.8, 4) is 0 Å². The maximum atomic E-state index is 12.2. The summed E-state index contributed by atoms with van der Waals surface area (Å²) in [4.78, 5) is 1.66. The average Bonchev–Trinajstić information content (AvgIpc) is 1.99. The second-order valence-electron chi connectivity index (χ2n) is 5.15. The van der Waals surface area contributed by atoms with Crippen LogP contribution in [-0.4, -0.2) is 37.0 Å². The van der Waals surface area contributed by atoms with Crippen LogP contribution in [0.15, 0.2) is 0 Å². The topological polar surface area (TPSA) is 29.3 Å². The second kappa shape index (κ2) is 5.21. The molecule has 0 spiro atoms. The van der Waals surface area contributed by atoms with Crippen LogP contribution in [0, 0.1) is 5.92 Å². The fourth-order valence-corrected chi connectivity index (χ4v) is 2.68. The molecule has 2 nitrogen and oxygen atoms in total. The first-order valence-corrected chi connectivity index (χ1v) is 5.67. The van der Waals surface area contributed by atoms with Gasteiger partial charge in [0.15, 0.2) is 0 Å². The maximum absolute atomic E-state index is 12.2. The van der Waals surface area contributed by atoms with Crippen LogP contribution in [-0.2, 0) is 0 Å². The van der Waals surface area contributed by atoms with E-state index in [2.05, 4.69) is 6.92 Å². The van der Waals surface area contributed by atoms with Crippen molar-refractivity contribution in [3.05, 3.63) is 0 Å². The Hall–Kier alpha value is -0.220. The summed E-state index contributed by atoms with van der Waals surface area (Å²) in [6, 6.07) is 0. The normalized spacial score (nSPS) is 32.6. The van der Waals surface area contributed by atoms with Gasteiger partial charge in [0.1, 0.15) is 0 Å². The Morgan fingerprint density at radius 3 is 2.73 bits per heavy atom. The monoisotopic (exact) mass is 220 g/mol. The van der Waals surface area contributed by atoms with Crippen molar-refractivity contribution in [2.45, 2.75) is 44.6 Å². The van der Waals surface area contributed by atoms with Gasteiger partial charge in [0.2, 0.25) is 0 Å². The van der Waals surface area contributed by atoms with Gasteiger partial charge in [-0.2, -0.15) is 0 Å². The number of rotatable bonds is 4. The first-order valence-electron chi connectivity index (χ1n) is 5.67. The first kappa shape index (κ1) is 12.8. The summed E-state index contributed by atoms with van der Waals surface area (Å²) in [6.45, 7) is 2.60. The molecular weight excluding hydrogens is 198 g/mol. The minimum absolute atomic E-state index is 0.173. The van der Waals surface area contributed by atoms with Crippen molar-refractivity contribution in [1.29, 1.82) is 0 Å². The average molecular weight is 220 g/mol. The highest BCUT2D eigenvalue weighted by Gasteiger charge is 2.32. The second-order valence-corrected chi connectivity index (χ2v) is 5.15. The standard InChI is InChI=1S/C11H22F2N2/c1-9-4-3-5-11(14,6-9)8-15(2)7-10(12)13/h9-10H,3-8,14H2,1-2H3. The Labute approximate surface area is 90.8 Å². The van der Waals surface area contributed by atoms with Gasteiger partial charge < -0.3 is 5.73 Å². The van der Waals surface area contributed by atoms with E-state index >= 15 is 0 Å². The fourth-order valence-electron chi connectivity index (χ4n) is 2.68. The molecule has 2 atom stereocenters. The van der Waals surface area contributed by atoms with Crippen molar-refractivity contribution in [2.24, 2.45) is 11.7 Å². The van der Waals surface area contributed by atoms with E-state index in [9.17, 15) is 8.78 Å². The molecular formula is C11H22F2N2. The van der Waals surface area contributed by atoms with Gasteiger partial charge in [-0.1, -0.05) is 19.8 Å². The summed E-state index contributed by atoms with van der Waals surface area (Å²) in [5.41, 5.74) is 5.99. The fraction of sp³-hybridized carbons (Fsp3) is 1.00. The predicted octanol–water partition coefficient (Wildman–Crippen LogP) is 2.09. The van der Waals surface area contributed by atoms with E-state index in [4.69, 9.17) is 5.73 Å². The number of nitrogens with zero attached hydrogens (tertiary/aromatic N) is 1. The molecule has 0 aromatic rings. The Kier molecular flexibility index (Phi) is 4.46. The van der Waals surface area contributed by atoms with Crippen LogP contribution in [0.5, 0.6) is 0 Å². The molecule has 0 radical (unpaired) electrons. The lowest BCUT2D eigenvalue weighted by molar-refractivity contribution is 0.0798. The van der Waals surface area contributed by atoms with E-state index in [1.54, 1.807) is 11.9 Å². The first-order chi connectivity index (χ1) is 6.91. The smallest absolute Gasteiger partial charge is 0.251 e. The molecule has 1 saturated carbocycles. The molecule has 1 rings (SSSR count). The van der Waals surface area contributed by atoms with Gasteiger partial charge in [0.25, 0.3) is 6.43 Å². The van der Waals surface area contributed by atoms with Crippen LogP contribution in [0.25, 0.3) is 0 Å². The third kappa shape index (κ3) is 4.43. The molecule has 0 amide bonds. The summed E-state index contributed by atoms with van der Waals surface area (Å²) >= 11 is 0. The molecule has 1 aliphatic carbocycles. The third-order valence-electron chi connectivity index (χ3n) is 3.16. The van der Waals surface area contributed by atoms with Crippen LogP contribution in [0.3, 0.4) is 0 Å². The van der Waals surface area contributed by atoms with Crippen molar-refractivity contribution in [3.63, 3.8) is 0 Å². The van der Waals surface area contributed by atoms with Gasteiger partial charge in [0.05, 0.1) is 6.54 Å². The van der Waals surface area contributed by atoms with Crippen molar-refractivity contribution in [1.82, 2.24) is 4.90 Å². The van der Waals surface area contributed by atoms with E-state index < -0.39 is 6.43 Å². The zero-order valence-corrected chi connectivity index (χ0v) is 9.68. The zero-order valence-electron chi connectivity index (χ0n) is 9.68. The molecule has 4 heteroatoms. The molecule has 15 heavy (non-hydrogen) atoms. The molecule has 0 aromatic heterocycles. The summed E-state index contributed by atoms with van der Waals surface area (Å²) in [7, 11) is 1.72. The highest BCUT2D eigenvalue weighted by Crippen LogP contribution is 2.30. The highest BCUT2D eigenvalue weighted by molar-refractivity contribution is 4.91. The lowest BCUT2D eigenvalue weighted by Crippen LogP contribution is -2.52. The van der Waals surface area contributed by atoms with Crippen LogP contribution < -0.4 is 5.73 Å². The molecule has 0 saturated heterocycles. The summed E-state index contributed by atoms with van der Waals surface area (Å²) in [5.74, 6) is 0.628. The molecule has 90 valence electrons. The van der Waals surface area contributed by atoms with Crippen molar-refractivity contribution < 1.29 is 8.78 Å². The number of halogens is 2. The molecule has 2 N–H and O–H groups in total. The SMILES string of the molecule is CC1CCCC(N)(CN(C)CC(F)F)C1. The number of hydrogen-bond donors (Lipinski definition) is 1. The Morgan fingerprint density at radius 1 is 1.53 bits per heavy atom. The highest BCUT2D eigenvalue weighted by atomic mass is 19.3. The van der Waals surface area contributed by atoms with E-state index in [1.807, 2.05) is 0 Å². The number of likely N-dealkylation sites (N-methyl/N-ethyl adjacent to an activating group) is 1. The molecule has 1 aliphatic rings.